The van der Waals surface area contributed by atoms with Crippen molar-refractivity contribution in [2.45, 2.75) is 6.42 Å². The van der Waals surface area contributed by atoms with E-state index < -0.39 is 30.2 Å². The second-order valence-corrected chi connectivity index (χ2v) is 10.7. The van der Waals surface area contributed by atoms with Gasteiger partial charge in [0, 0.05) is 29.8 Å². The van der Waals surface area contributed by atoms with E-state index in [9.17, 15) is 19.2 Å². The number of nitrogens with zero attached hydrogens (tertiary/aromatic N) is 1. The first-order valence-corrected chi connectivity index (χ1v) is 14.7. The maximum Gasteiger partial charge on any atom is 0.343 e. The number of carbonyl (C=O) groups is 4. The second kappa shape index (κ2) is 13.7. The van der Waals surface area contributed by atoms with Crippen LogP contribution in [0.15, 0.2) is 133 Å². The van der Waals surface area contributed by atoms with Crippen LogP contribution in [0.2, 0.25) is 0 Å². The minimum atomic E-state index is -0.700. The lowest BCUT2D eigenvalue weighted by Gasteiger charge is -2.17. The number of benzene rings is 5. The summed E-state index contributed by atoms with van der Waals surface area (Å²) in [5, 5.41) is 0. The minimum Gasteiger partial charge on any atom is -0.457 e. The molecule has 5 aromatic rings. The van der Waals surface area contributed by atoms with Gasteiger partial charge in [-0.15, -0.1) is 0 Å². The molecule has 1 aliphatic rings. The molecule has 1 saturated heterocycles. The molecule has 1 amide bonds. The van der Waals surface area contributed by atoms with Gasteiger partial charge in [-0.2, -0.15) is 0 Å². The molecule has 1 heterocycles. The predicted molar refractivity (Wildman–Crippen MR) is 172 cm³/mol. The first-order chi connectivity index (χ1) is 22.4. The highest BCUT2D eigenvalue weighted by Gasteiger charge is 2.36. The smallest absolute Gasteiger partial charge is 0.343 e. The van der Waals surface area contributed by atoms with Crippen molar-refractivity contribution in [3.63, 3.8) is 0 Å². The molecule has 0 aliphatic carbocycles. The zero-order chi connectivity index (χ0) is 31.9. The Bertz CT molecular complexity index is 1850. The molecule has 0 spiro atoms. The van der Waals surface area contributed by atoms with Gasteiger partial charge < -0.3 is 19.1 Å². The van der Waals surface area contributed by atoms with E-state index in [4.69, 9.17) is 14.2 Å². The summed E-state index contributed by atoms with van der Waals surface area (Å²) in [7, 11) is 0. The van der Waals surface area contributed by atoms with Crippen molar-refractivity contribution in [1.82, 2.24) is 0 Å². The molecule has 46 heavy (non-hydrogen) atoms. The van der Waals surface area contributed by atoms with Crippen LogP contribution >= 0.6 is 0 Å². The summed E-state index contributed by atoms with van der Waals surface area (Å²) >= 11 is 0. The van der Waals surface area contributed by atoms with Crippen LogP contribution in [0, 0.1) is 5.92 Å². The van der Waals surface area contributed by atoms with E-state index in [1.54, 1.807) is 54.6 Å². The standard InChI is InChI=1S/C38H29NO7/c40-34(27-15-19-32(20-16-27)46-38(43)28-11-5-2-6-12-28)25-44-37(42)29-23-36(41)39(24-29)30-17-21-31(22-18-30)45-35-14-8-7-13-33(35)26-9-3-1-4-10-26/h1-22,29H,23-25H2/t29-/m0/s1. The van der Waals surface area contributed by atoms with Gasteiger partial charge in [-0.1, -0.05) is 66.7 Å². The highest BCUT2D eigenvalue weighted by atomic mass is 16.5. The third-order valence-electron chi connectivity index (χ3n) is 7.55. The highest BCUT2D eigenvalue weighted by molar-refractivity contribution is 6.01. The number of amides is 1. The number of hydrogen-bond acceptors (Lipinski definition) is 7. The topological polar surface area (TPSA) is 99.2 Å². The monoisotopic (exact) mass is 611 g/mol. The fourth-order valence-corrected chi connectivity index (χ4v) is 5.13. The molecule has 1 fully saturated rings. The van der Waals surface area contributed by atoms with E-state index in [-0.39, 0.29) is 24.6 Å². The number of anilines is 1. The van der Waals surface area contributed by atoms with Crippen molar-refractivity contribution in [2.24, 2.45) is 5.92 Å². The third-order valence-corrected chi connectivity index (χ3v) is 7.55. The Morgan fingerprint density at radius 3 is 2.02 bits per heavy atom. The van der Waals surface area contributed by atoms with E-state index in [1.165, 1.54) is 29.2 Å². The quantitative estimate of drug-likeness (QED) is 0.0940. The molecule has 0 bridgehead atoms. The number of para-hydroxylation sites is 1. The fraction of sp³-hybridized carbons (Fsp3) is 0.105. The van der Waals surface area contributed by atoms with Gasteiger partial charge in [0.2, 0.25) is 5.91 Å². The summed E-state index contributed by atoms with van der Waals surface area (Å²) in [5.74, 6) is -0.860. The highest BCUT2D eigenvalue weighted by Crippen LogP contribution is 2.34. The Morgan fingerprint density at radius 1 is 0.674 bits per heavy atom. The summed E-state index contributed by atoms with van der Waals surface area (Å²) in [5.41, 5.74) is 3.34. The van der Waals surface area contributed by atoms with Crippen molar-refractivity contribution >= 4 is 29.3 Å². The average molecular weight is 612 g/mol. The molecular weight excluding hydrogens is 582 g/mol. The zero-order valence-corrected chi connectivity index (χ0v) is 24.7. The molecule has 0 unspecified atom stereocenters. The van der Waals surface area contributed by atoms with Gasteiger partial charge in [-0.05, 0) is 72.3 Å². The molecule has 0 aromatic heterocycles. The number of carbonyl (C=O) groups excluding carboxylic acids is 4. The molecule has 5 aromatic carbocycles. The molecule has 8 nitrogen and oxygen atoms in total. The Labute approximate surface area is 265 Å². The maximum absolute atomic E-state index is 12.8. The Balaban J connectivity index is 1.01. The maximum atomic E-state index is 12.8. The lowest BCUT2D eigenvalue weighted by Crippen LogP contribution is -2.27. The van der Waals surface area contributed by atoms with E-state index >= 15 is 0 Å². The Hall–Kier alpha value is -6.02. The van der Waals surface area contributed by atoms with Crippen LogP contribution in [-0.4, -0.2) is 36.8 Å². The van der Waals surface area contributed by atoms with E-state index in [0.29, 0.717) is 28.3 Å². The number of ether oxygens (including phenoxy) is 3. The van der Waals surface area contributed by atoms with Crippen LogP contribution in [0.1, 0.15) is 27.1 Å². The molecule has 8 heteroatoms. The normalized spacial score (nSPS) is 14.0. The summed E-state index contributed by atoms with van der Waals surface area (Å²) in [4.78, 5) is 52.0. The molecule has 0 radical (unpaired) electrons. The summed E-state index contributed by atoms with van der Waals surface area (Å²) in [6, 6.07) is 39.4. The summed E-state index contributed by atoms with van der Waals surface area (Å²) in [6.45, 7) is -0.326. The number of esters is 2. The summed E-state index contributed by atoms with van der Waals surface area (Å²) < 4.78 is 16.8. The van der Waals surface area contributed by atoms with Crippen LogP contribution in [0.5, 0.6) is 17.2 Å². The SMILES string of the molecule is O=C(COC(=O)[C@H]1CC(=O)N(c2ccc(Oc3ccccc3-c3ccccc3)cc2)C1)c1ccc(OC(=O)c2ccccc2)cc1. The van der Waals surface area contributed by atoms with E-state index in [0.717, 1.165) is 11.1 Å². The molecule has 1 aliphatic heterocycles. The Kier molecular flexibility index (Phi) is 8.97. The van der Waals surface area contributed by atoms with E-state index in [2.05, 4.69) is 0 Å². The predicted octanol–water partition coefficient (Wildman–Crippen LogP) is 7.14. The lowest BCUT2D eigenvalue weighted by atomic mass is 10.0. The first-order valence-electron chi connectivity index (χ1n) is 14.7. The number of rotatable bonds is 10. The molecular formula is C38H29NO7. The number of Topliss-reactive ketones (excluding diaryl/α,β-unsaturated/α-hetero) is 1. The molecule has 6 rings (SSSR count). The third kappa shape index (κ3) is 7.03. The van der Waals surface area contributed by atoms with Gasteiger partial charge in [0.05, 0.1) is 11.5 Å². The van der Waals surface area contributed by atoms with Crippen LogP contribution in [0.4, 0.5) is 5.69 Å². The minimum absolute atomic E-state index is 0.0167. The van der Waals surface area contributed by atoms with Crippen molar-refractivity contribution in [2.75, 3.05) is 18.1 Å². The van der Waals surface area contributed by atoms with Crippen LogP contribution in [0.3, 0.4) is 0 Å². The zero-order valence-electron chi connectivity index (χ0n) is 24.7. The van der Waals surface area contributed by atoms with Crippen LogP contribution in [-0.2, 0) is 14.3 Å². The van der Waals surface area contributed by atoms with Gasteiger partial charge >= 0.3 is 11.9 Å². The lowest BCUT2D eigenvalue weighted by molar-refractivity contribution is -0.147. The van der Waals surface area contributed by atoms with Crippen LogP contribution in [0.25, 0.3) is 11.1 Å². The molecule has 1 atom stereocenters. The van der Waals surface area contributed by atoms with Gasteiger partial charge in [-0.3, -0.25) is 14.4 Å². The Morgan fingerprint density at radius 2 is 1.30 bits per heavy atom. The van der Waals surface area contributed by atoms with Gasteiger partial charge in [-0.25, -0.2) is 4.79 Å². The largest absolute Gasteiger partial charge is 0.457 e. The number of hydrogen-bond donors (Lipinski definition) is 0. The first kappa shape index (κ1) is 30.0. The van der Waals surface area contributed by atoms with E-state index in [1.807, 2.05) is 54.6 Å². The molecule has 0 saturated carbocycles. The van der Waals surface area contributed by atoms with Gasteiger partial charge in [0.15, 0.2) is 12.4 Å². The summed E-state index contributed by atoms with van der Waals surface area (Å²) in [6.07, 6.45) is -0.0167. The van der Waals surface area contributed by atoms with Gasteiger partial charge in [0.1, 0.15) is 17.2 Å². The van der Waals surface area contributed by atoms with Crippen molar-refractivity contribution in [1.29, 1.82) is 0 Å². The van der Waals surface area contributed by atoms with Crippen molar-refractivity contribution < 1.29 is 33.4 Å². The van der Waals surface area contributed by atoms with Crippen molar-refractivity contribution in [3.8, 4) is 28.4 Å². The van der Waals surface area contributed by atoms with Gasteiger partial charge in [0.25, 0.3) is 0 Å². The van der Waals surface area contributed by atoms with Crippen molar-refractivity contribution in [3.05, 3.63) is 145 Å². The average Bonchev–Trinajstić information content (AvgIpc) is 3.50. The number of ketones is 1. The van der Waals surface area contributed by atoms with Crippen LogP contribution < -0.4 is 14.4 Å². The molecule has 0 N–H and O–H groups in total. The second-order valence-electron chi connectivity index (χ2n) is 10.7. The fourth-order valence-electron chi connectivity index (χ4n) is 5.13. The molecule has 228 valence electrons.